The Morgan fingerprint density at radius 3 is 1.88 bits per heavy atom. The van der Waals surface area contributed by atoms with Gasteiger partial charge in [-0.25, -0.2) is 4.79 Å². The monoisotopic (exact) mass is 561 g/mol. The van der Waals surface area contributed by atoms with Crippen LogP contribution in [-0.2, 0) is 53.0 Å². The lowest BCUT2D eigenvalue weighted by Crippen LogP contribution is -2.61. The highest BCUT2D eigenvalue weighted by Gasteiger charge is 2.49. The molecule has 3 aromatic carbocycles. The van der Waals surface area contributed by atoms with Crippen molar-refractivity contribution in [1.82, 2.24) is 0 Å². The van der Waals surface area contributed by atoms with Crippen LogP contribution in [0.1, 0.15) is 23.6 Å². The summed E-state index contributed by atoms with van der Waals surface area (Å²) in [5, 5.41) is 4.00. The minimum atomic E-state index is -1.12. The van der Waals surface area contributed by atoms with Crippen molar-refractivity contribution in [2.24, 2.45) is 5.11 Å². The highest BCUT2D eigenvalue weighted by atomic mass is 16.7. The van der Waals surface area contributed by atoms with E-state index in [0.29, 0.717) is 6.61 Å². The lowest BCUT2D eigenvalue weighted by molar-refractivity contribution is -0.294. The molecule has 0 amide bonds. The molecule has 1 saturated heterocycles. The van der Waals surface area contributed by atoms with E-state index in [2.05, 4.69) is 10.0 Å². The molecule has 0 aliphatic carbocycles. The molecule has 3 aromatic rings. The van der Waals surface area contributed by atoms with Crippen molar-refractivity contribution in [3.05, 3.63) is 118 Å². The fourth-order valence-corrected chi connectivity index (χ4v) is 4.54. The van der Waals surface area contributed by atoms with Crippen molar-refractivity contribution in [3.8, 4) is 0 Å². The van der Waals surface area contributed by atoms with Crippen LogP contribution in [0.2, 0.25) is 0 Å². The van der Waals surface area contributed by atoms with E-state index in [1.807, 2.05) is 91.0 Å². The zero-order valence-corrected chi connectivity index (χ0v) is 23.2. The van der Waals surface area contributed by atoms with Crippen molar-refractivity contribution >= 4 is 5.97 Å². The van der Waals surface area contributed by atoms with Crippen LogP contribution in [0.4, 0.5) is 0 Å². The van der Waals surface area contributed by atoms with Gasteiger partial charge >= 0.3 is 5.97 Å². The van der Waals surface area contributed by atoms with Gasteiger partial charge in [0.05, 0.1) is 33.5 Å². The van der Waals surface area contributed by atoms with Gasteiger partial charge in [0.25, 0.3) is 0 Å². The molecule has 10 nitrogen and oxygen atoms in total. The van der Waals surface area contributed by atoms with Gasteiger partial charge in [-0.1, -0.05) is 96.1 Å². The SMILES string of the molecule is COC(=O)[C@H](C)OC1O[C@H](COCc2ccccc2)[C@@H](OCc2ccccc2)[C@H](OCc2ccccc2)[C@H]1N=[N+]=[N-]. The van der Waals surface area contributed by atoms with Gasteiger partial charge in [0.1, 0.15) is 24.4 Å². The van der Waals surface area contributed by atoms with Gasteiger partial charge in [0.2, 0.25) is 0 Å². The highest BCUT2D eigenvalue weighted by molar-refractivity contribution is 5.73. The van der Waals surface area contributed by atoms with Gasteiger partial charge in [0, 0.05) is 4.91 Å². The van der Waals surface area contributed by atoms with Crippen LogP contribution in [0, 0.1) is 0 Å². The molecule has 0 bridgehead atoms. The van der Waals surface area contributed by atoms with E-state index in [1.165, 1.54) is 7.11 Å². The third-order valence-corrected chi connectivity index (χ3v) is 6.64. The molecule has 0 N–H and O–H groups in total. The molecule has 1 unspecified atom stereocenters. The van der Waals surface area contributed by atoms with Gasteiger partial charge in [-0.05, 0) is 29.1 Å². The average molecular weight is 562 g/mol. The average Bonchev–Trinajstić information content (AvgIpc) is 3.01. The van der Waals surface area contributed by atoms with Crippen LogP contribution < -0.4 is 0 Å². The standard InChI is InChI=1S/C31H35N3O7/c1-22(30(35)36-2)40-31-27(33-34-32)29(39-20-25-16-10-5-11-17-25)28(38-19-24-14-8-4-9-15-24)26(41-31)21-37-18-23-12-6-3-7-13-23/h3-17,22,26-29,31H,18-21H2,1-2H3/t22-,26+,27+,28+,29+,31?/m0/s1. The summed E-state index contributed by atoms with van der Waals surface area (Å²) < 4.78 is 36.0. The molecule has 1 heterocycles. The van der Waals surface area contributed by atoms with Crippen LogP contribution in [0.25, 0.3) is 10.4 Å². The van der Waals surface area contributed by atoms with Crippen molar-refractivity contribution in [2.75, 3.05) is 13.7 Å². The zero-order chi connectivity index (χ0) is 28.9. The Morgan fingerprint density at radius 2 is 1.37 bits per heavy atom. The Labute approximate surface area is 239 Å². The molecular weight excluding hydrogens is 526 g/mol. The maximum atomic E-state index is 12.2. The lowest BCUT2D eigenvalue weighted by atomic mass is 9.96. The summed E-state index contributed by atoms with van der Waals surface area (Å²) in [7, 11) is 1.27. The number of esters is 1. The summed E-state index contributed by atoms with van der Waals surface area (Å²) in [4.78, 5) is 15.2. The molecule has 0 spiro atoms. The van der Waals surface area contributed by atoms with E-state index < -0.39 is 42.7 Å². The molecule has 0 saturated carbocycles. The van der Waals surface area contributed by atoms with Gasteiger partial charge in [-0.2, -0.15) is 0 Å². The largest absolute Gasteiger partial charge is 0.467 e. The number of carbonyl (C=O) groups is 1. The van der Waals surface area contributed by atoms with Crippen molar-refractivity contribution in [2.45, 2.75) is 63.5 Å². The first-order valence-electron chi connectivity index (χ1n) is 13.4. The topological polar surface area (TPSA) is 121 Å². The van der Waals surface area contributed by atoms with E-state index in [9.17, 15) is 10.3 Å². The molecule has 0 aromatic heterocycles. The third-order valence-electron chi connectivity index (χ3n) is 6.64. The summed E-state index contributed by atoms with van der Waals surface area (Å²) in [6.45, 7) is 2.52. The first-order valence-corrected chi connectivity index (χ1v) is 13.4. The van der Waals surface area contributed by atoms with E-state index in [1.54, 1.807) is 6.92 Å². The third kappa shape index (κ3) is 8.86. The summed E-state index contributed by atoms with van der Waals surface area (Å²) in [5.41, 5.74) is 12.4. The van der Waals surface area contributed by atoms with Gasteiger partial charge in [-0.15, -0.1) is 0 Å². The maximum Gasteiger partial charge on any atom is 0.334 e. The van der Waals surface area contributed by atoms with Crippen molar-refractivity contribution in [3.63, 3.8) is 0 Å². The minimum Gasteiger partial charge on any atom is -0.467 e. The van der Waals surface area contributed by atoms with Gasteiger partial charge in [0.15, 0.2) is 12.4 Å². The first-order chi connectivity index (χ1) is 20.1. The van der Waals surface area contributed by atoms with E-state index in [0.717, 1.165) is 16.7 Å². The molecule has 6 atom stereocenters. The van der Waals surface area contributed by atoms with Crippen LogP contribution in [0.3, 0.4) is 0 Å². The molecule has 0 radical (unpaired) electrons. The number of azide groups is 1. The Hall–Kier alpha value is -3.76. The normalized spacial score (nSPS) is 22.8. The van der Waals surface area contributed by atoms with Gasteiger partial charge < -0.3 is 28.4 Å². The fourth-order valence-electron chi connectivity index (χ4n) is 4.54. The van der Waals surface area contributed by atoms with Crippen molar-refractivity contribution in [1.29, 1.82) is 0 Å². The van der Waals surface area contributed by atoms with E-state index in [-0.39, 0.29) is 19.8 Å². The van der Waals surface area contributed by atoms with Gasteiger partial charge in [-0.3, -0.25) is 0 Å². The molecule has 10 heteroatoms. The summed E-state index contributed by atoms with van der Waals surface area (Å²) in [6, 6.07) is 28.1. The molecule has 216 valence electrons. The summed E-state index contributed by atoms with van der Waals surface area (Å²) in [6.07, 6.45) is -4.27. The number of hydrogen-bond acceptors (Lipinski definition) is 8. The van der Waals surface area contributed by atoms with Crippen LogP contribution >= 0.6 is 0 Å². The second-order valence-corrected chi connectivity index (χ2v) is 9.56. The van der Waals surface area contributed by atoms with Crippen LogP contribution in [-0.4, -0.2) is 56.4 Å². The Morgan fingerprint density at radius 1 is 0.854 bits per heavy atom. The Kier molecular flexibility index (Phi) is 11.7. The molecule has 1 aliphatic heterocycles. The molecule has 1 aliphatic rings. The molecule has 4 rings (SSSR count). The van der Waals surface area contributed by atoms with E-state index >= 15 is 0 Å². The molecular formula is C31H35N3O7. The molecule has 41 heavy (non-hydrogen) atoms. The number of ether oxygens (including phenoxy) is 6. The summed E-state index contributed by atoms with van der Waals surface area (Å²) in [5.74, 6) is -0.589. The van der Waals surface area contributed by atoms with E-state index in [4.69, 9.17) is 28.4 Å². The lowest BCUT2D eigenvalue weighted by Gasteiger charge is -2.45. The maximum absolute atomic E-state index is 12.2. The number of carbonyl (C=O) groups excluding carboxylic acids is 1. The number of methoxy groups -OCH3 is 1. The Balaban J connectivity index is 1.62. The fraction of sp³-hybridized carbons (Fsp3) is 0.387. The zero-order valence-electron chi connectivity index (χ0n) is 23.2. The predicted molar refractivity (Wildman–Crippen MR) is 150 cm³/mol. The smallest absolute Gasteiger partial charge is 0.334 e. The quantitative estimate of drug-likeness (QED) is 0.112. The first kappa shape index (κ1) is 30.2. The Bertz CT molecular complexity index is 1240. The second kappa shape index (κ2) is 15.9. The van der Waals surface area contributed by atoms with Crippen LogP contribution in [0.5, 0.6) is 0 Å². The number of nitrogens with zero attached hydrogens (tertiary/aromatic N) is 3. The second-order valence-electron chi connectivity index (χ2n) is 9.56. The predicted octanol–water partition coefficient (Wildman–Crippen LogP) is 5.36. The summed E-state index contributed by atoms with van der Waals surface area (Å²) >= 11 is 0. The van der Waals surface area contributed by atoms with Crippen LogP contribution in [0.15, 0.2) is 96.1 Å². The minimum absolute atomic E-state index is 0.134. The highest BCUT2D eigenvalue weighted by Crippen LogP contribution is 2.31. The number of hydrogen-bond donors (Lipinski definition) is 0. The number of rotatable bonds is 14. The number of benzene rings is 3. The van der Waals surface area contributed by atoms with Crippen molar-refractivity contribution < 1.29 is 33.2 Å². The molecule has 1 fully saturated rings.